The SMILES string of the molecule is CC1CCN(C(=O)c2cccc3ccccc23)C1CCl. The van der Waals surface area contributed by atoms with Gasteiger partial charge in [-0.25, -0.2) is 0 Å². The van der Waals surface area contributed by atoms with Gasteiger partial charge in [0.25, 0.3) is 5.91 Å². The van der Waals surface area contributed by atoms with Gasteiger partial charge in [-0.15, -0.1) is 11.6 Å². The highest BCUT2D eigenvalue weighted by Crippen LogP contribution is 2.28. The van der Waals surface area contributed by atoms with E-state index in [-0.39, 0.29) is 11.9 Å². The van der Waals surface area contributed by atoms with E-state index in [1.165, 1.54) is 0 Å². The lowest BCUT2D eigenvalue weighted by Crippen LogP contribution is -2.38. The maximum atomic E-state index is 12.8. The molecular weight excluding hydrogens is 270 g/mol. The predicted molar refractivity (Wildman–Crippen MR) is 83.3 cm³/mol. The molecule has 2 atom stereocenters. The summed E-state index contributed by atoms with van der Waals surface area (Å²) in [6, 6.07) is 14.1. The Morgan fingerprint density at radius 1 is 1.25 bits per heavy atom. The molecule has 2 aromatic carbocycles. The van der Waals surface area contributed by atoms with Gasteiger partial charge in [0.05, 0.1) is 0 Å². The molecule has 0 saturated carbocycles. The van der Waals surface area contributed by atoms with Crippen LogP contribution in [0.3, 0.4) is 0 Å². The second-order valence-electron chi connectivity index (χ2n) is 5.51. The Balaban J connectivity index is 2.01. The lowest BCUT2D eigenvalue weighted by Gasteiger charge is -2.25. The minimum Gasteiger partial charge on any atom is -0.334 e. The summed E-state index contributed by atoms with van der Waals surface area (Å²) in [4.78, 5) is 14.8. The van der Waals surface area contributed by atoms with Crippen LogP contribution in [0.25, 0.3) is 10.8 Å². The van der Waals surface area contributed by atoms with Crippen LogP contribution in [0.15, 0.2) is 42.5 Å². The molecular formula is C17H18ClNO. The summed E-state index contributed by atoms with van der Waals surface area (Å²) in [6.07, 6.45) is 1.04. The number of benzene rings is 2. The third-order valence-electron chi connectivity index (χ3n) is 4.32. The van der Waals surface area contributed by atoms with Crippen LogP contribution >= 0.6 is 11.6 Å². The third kappa shape index (κ3) is 2.18. The number of carbonyl (C=O) groups is 1. The summed E-state index contributed by atoms with van der Waals surface area (Å²) in [5.41, 5.74) is 0.785. The average Bonchev–Trinajstić information content (AvgIpc) is 2.86. The lowest BCUT2D eigenvalue weighted by molar-refractivity contribution is 0.0739. The van der Waals surface area contributed by atoms with Gasteiger partial charge in [-0.2, -0.15) is 0 Å². The first-order chi connectivity index (χ1) is 9.72. The van der Waals surface area contributed by atoms with Gasteiger partial charge in [-0.05, 0) is 29.2 Å². The quantitative estimate of drug-likeness (QED) is 0.767. The summed E-state index contributed by atoms with van der Waals surface area (Å²) in [6.45, 7) is 2.98. The van der Waals surface area contributed by atoms with Crippen LogP contribution in [0.4, 0.5) is 0 Å². The van der Waals surface area contributed by atoms with Crippen molar-refractivity contribution in [3.63, 3.8) is 0 Å². The van der Waals surface area contributed by atoms with Gasteiger partial charge < -0.3 is 4.90 Å². The number of carbonyl (C=O) groups excluding carboxylic acids is 1. The van der Waals surface area contributed by atoms with Gasteiger partial charge in [-0.1, -0.05) is 43.3 Å². The Labute approximate surface area is 124 Å². The molecule has 1 fully saturated rings. The van der Waals surface area contributed by atoms with E-state index in [1.54, 1.807) is 0 Å². The van der Waals surface area contributed by atoms with Crippen LogP contribution in [0.2, 0.25) is 0 Å². The van der Waals surface area contributed by atoms with E-state index in [0.717, 1.165) is 29.3 Å². The fourth-order valence-electron chi connectivity index (χ4n) is 3.06. The summed E-state index contributed by atoms with van der Waals surface area (Å²) in [5, 5.41) is 2.13. The molecule has 0 radical (unpaired) electrons. The Hall–Kier alpha value is -1.54. The summed E-state index contributed by atoms with van der Waals surface area (Å²) in [5.74, 6) is 1.10. The number of alkyl halides is 1. The number of amides is 1. The van der Waals surface area contributed by atoms with E-state index < -0.39 is 0 Å². The van der Waals surface area contributed by atoms with Crippen molar-refractivity contribution in [1.29, 1.82) is 0 Å². The maximum absolute atomic E-state index is 12.8. The van der Waals surface area contributed by atoms with Crippen molar-refractivity contribution < 1.29 is 4.79 Å². The van der Waals surface area contributed by atoms with E-state index in [0.29, 0.717) is 11.8 Å². The molecule has 0 spiro atoms. The third-order valence-corrected chi connectivity index (χ3v) is 4.64. The summed E-state index contributed by atoms with van der Waals surface area (Å²) >= 11 is 6.05. The van der Waals surface area contributed by atoms with Crippen molar-refractivity contribution in [3.05, 3.63) is 48.0 Å². The number of halogens is 1. The molecule has 2 nitrogen and oxygen atoms in total. The van der Waals surface area contributed by atoms with E-state index in [4.69, 9.17) is 11.6 Å². The predicted octanol–water partition coefficient (Wildman–Crippen LogP) is 3.93. The molecule has 1 aliphatic rings. The number of likely N-dealkylation sites (tertiary alicyclic amines) is 1. The summed E-state index contributed by atoms with van der Waals surface area (Å²) in [7, 11) is 0. The molecule has 1 saturated heterocycles. The Bertz CT molecular complexity index is 634. The zero-order valence-electron chi connectivity index (χ0n) is 11.6. The van der Waals surface area contributed by atoms with Gasteiger partial charge in [0.2, 0.25) is 0 Å². The van der Waals surface area contributed by atoms with Crippen LogP contribution in [-0.4, -0.2) is 29.3 Å². The zero-order valence-corrected chi connectivity index (χ0v) is 12.3. The highest BCUT2D eigenvalue weighted by atomic mass is 35.5. The smallest absolute Gasteiger partial charge is 0.254 e. The van der Waals surface area contributed by atoms with Gasteiger partial charge in [0.1, 0.15) is 0 Å². The topological polar surface area (TPSA) is 20.3 Å². The first kappa shape index (κ1) is 13.4. The van der Waals surface area contributed by atoms with Crippen molar-refractivity contribution in [3.8, 4) is 0 Å². The molecule has 1 heterocycles. The number of nitrogens with zero attached hydrogens (tertiary/aromatic N) is 1. The molecule has 1 aliphatic heterocycles. The van der Waals surface area contributed by atoms with Crippen LogP contribution in [0.5, 0.6) is 0 Å². The molecule has 0 aliphatic carbocycles. The van der Waals surface area contributed by atoms with Crippen LogP contribution in [0, 0.1) is 5.92 Å². The molecule has 0 N–H and O–H groups in total. The average molecular weight is 288 g/mol. The van der Waals surface area contributed by atoms with Crippen molar-refractivity contribution in [2.24, 2.45) is 5.92 Å². The van der Waals surface area contributed by atoms with E-state index in [1.807, 2.05) is 47.4 Å². The fourth-order valence-corrected chi connectivity index (χ4v) is 3.53. The first-order valence-electron chi connectivity index (χ1n) is 7.07. The first-order valence-corrected chi connectivity index (χ1v) is 7.60. The van der Waals surface area contributed by atoms with E-state index >= 15 is 0 Å². The number of rotatable bonds is 2. The van der Waals surface area contributed by atoms with Crippen LogP contribution < -0.4 is 0 Å². The van der Waals surface area contributed by atoms with Crippen molar-refractivity contribution in [2.45, 2.75) is 19.4 Å². The zero-order chi connectivity index (χ0) is 14.1. The fraction of sp³-hybridized carbons (Fsp3) is 0.353. The largest absolute Gasteiger partial charge is 0.334 e. The highest BCUT2D eigenvalue weighted by molar-refractivity contribution is 6.18. The Kier molecular flexibility index (Phi) is 3.66. The lowest BCUT2D eigenvalue weighted by atomic mass is 10.0. The maximum Gasteiger partial charge on any atom is 0.254 e. The molecule has 104 valence electrons. The van der Waals surface area contributed by atoms with Gasteiger partial charge in [0.15, 0.2) is 0 Å². The molecule has 2 unspecified atom stereocenters. The van der Waals surface area contributed by atoms with Crippen molar-refractivity contribution >= 4 is 28.3 Å². The summed E-state index contributed by atoms with van der Waals surface area (Å²) < 4.78 is 0. The minimum atomic E-state index is 0.108. The molecule has 3 heteroatoms. The second kappa shape index (κ2) is 5.45. The normalized spacial score (nSPS) is 22.4. The molecule has 1 amide bonds. The van der Waals surface area contributed by atoms with Crippen molar-refractivity contribution in [2.75, 3.05) is 12.4 Å². The molecule has 0 aromatic heterocycles. The monoisotopic (exact) mass is 287 g/mol. The molecule has 0 bridgehead atoms. The molecule has 20 heavy (non-hydrogen) atoms. The Morgan fingerprint density at radius 3 is 2.80 bits per heavy atom. The number of fused-ring (bicyclic) bond motifs is 1. The second-order valence-corrected chi connectivity index (χ2v) is 5.82. The standard InChI is InChI=1S/C17H18ClNO/c1-12-9-10-19(16(12)11-18)17(20)15-8-4-6-13-5-2-3-7-14(13)15/h2-8,12,16H,9-11H2,1H3. The number of hydrogen-bond acceptors (Lipinski definition) is 1. The Morgan fingerprint density at radius 2 is 2.00 bits per heavy atom. The van der Waals surface area contributed by atoms with Crippen LogP contribution in [0.1, 0.15) is 23.7 Å². The van der Waals surface area contributed by atoms with Crippen molar-refractivity contribution in [1.82, 2.24) is 4.90 Å². The van der Waals surface area contributed by atoms with Crippen LogP contribution in [-0.2, 0) is 0 Å². The van der Waals surface area contributed by atoms with E-state index in [2.05, 4.69) is 6.92 Å². The van der Waals surface area contributed by atoms with E-state index in [9.17, 15) is 4.79 Å². The van der Waals surface area contributed by atoms with Gasteiger partial charge in [-0.3, -0.25) is 4.79 Å². The number of hydrogen-bond donors (Lipinski definition) is 0. The highest BCUT2D eigenvalue weighted by Gasteiger charge is 2.34. The molecule has 2 aromatic rings. The molecule has 3 rings (SSSR count). The van der Waals surface area contributed by atoms with Gasteiger partial charge in [0, 0.05) is 24.0 Å². The van der Waals surface area contributed by atoms with Gasteiger partial charge >= 0.3 is 0 Å². The minimum absolute atomic E-state index is 0.108.